The Balaban J connectivity index is 1.89. The van der Waals surface area contributed by atoms with E-state index >= 15 is 0 Å². The van der Waals surface area contributed by atoms with Crippen LogP contribution in [0.5, 0.6) is 11.5 Å². The van der Waals surface area contributed by atoms with Gasteiger partial charge in [-0.2, -0.15) is 0 Å². The molecule has 6 heteroatoms. The molecule has 0 saturated carbocycles. The van der Waals surface area contributed by atoms with Crippen LogP contribution in [-0.2, 0) is 4.74 Å². The molecule has 0 spiro atoms. The van der Waals surface area contributed by atoms with Crippen LogP contribution in [0.3, 0.4) is 0 Å². The number of pyridine rings is 1. The van der Waals surface area contributed by atoms with Crippen LogP contribution in [0.2, 0.25) is 0 Å². The highest BCUT2D eigenvalue weighted by Gasteiger charge is 2.31. The van der Waals surface area contributed by atoms with E-state index in [9.17, 15) is 5.11 Å². The van der Waals surface area contributed by atoms with Crippen molar-refractivity contribution in [3.63, 3.8) is 0 Å². The predicted octanol–water partition coefficient (Wildman–Crippen LogP) is 2.45. The van der Waals surface area contributed by atoms with Crippen LogP contribution in [0.1, 0.15) is 12.8 Å². The molecule has 3 rings (SSSR count). The number of nitrogens with one attached hydrogen (secondary N) is 1. The first-order chi connectivity index (χ1) is 11.7. The predicted molar refractivity (Wildman–Crippen MR) is 92.9 cm³/mol. The number of hydrogen-bond acceptors (Lipinski definition) is 6. The third kappa shape index (κ3) is 3.25. The number of ether oxygens (including phenoxy) is 3. The third-order valence-corrected chi connectivity index (χ3v) is 4.79. The van der Waals surface area contributed by atoms with Crippen LogP contribution in [0.4, 0.5) is 5.69 Å². The Kier molecular flexibility index (Phi) is 5.06. The second kappa shape index (κ2) is 7.23. The topological polar surface area (TPSA) is 72.8 Å². The molecular formula is C18H24N2O4. The zero-order valence-electron chi connectivity index (χ0n) is 14.2. The monoisotopic (exact) mass is 332 g/mol. The molecular weight excluding hydrogens is 308 g/mol. The van der Waals surface area contributed by atoms with Crippen molar-refractivity contribution in [3.8, 4) is 11.5 Å². The van der Waals surface area contributed by atoms with E-state index in [2.05, 4.69) is 10.3 Å². The number of aromatic nitrogens is 1. The molecule has 1 aliphatic rings. The number of aliphatic hydroxyl groups is 1. The van der Waals surface area contributed by atoms with Gasteiger partial charge in [-0.05, 0) is 25.0 Å². The Hall–Kier alpha value is -2.05. The smallest absolute Gasteiger partial charge is 0.162 e. The molecule has 1 fully saturated rings. The lowest BCUT2D eigenvalue weighted by atomic mass is 9.81. The maximum atomic E-state index is 9.84. The summed E-state index contributed by atoms with van der Waals surface area (Å²) < 4.78 is 16.2. The molecule has 0 amide bonds. The van der Waals surface area contributed by atoms with Gasteiger partial charge < -0.3 is 24.6 Å². The first kappa shape index (κ1) is 16.8. The second-order valence-corrected chi connectivity index (χ2v) is 6.21. The van der Waals surface area contributed by atoms with E-state index < -0.39 is 0 Å². The Morgan fingerprint density at radius 3 is 2.58 bits per heavy atom. The first-order valence-electron chi connectivity index (χ1n) is 8.14. The number of methoxy groups -OCH3 is 2. The van der Waals surface area contributed by atoms with E-state index in [0.29, 0.717) is 31.3 Å². The van der Waals surface area contributed by atoms with Crippen LogP contribution < -0.4 is 14.8 Å². The van der Waals surface area contributed by atoms with Crippen LogP contribution >= 0.6 is 0 Å². The van der Waals surface area contributed by atoms with Crippen LogP contribution in [0.15, 0.2) is 24.4 Å². The Morgan fingerprint density at radius 1 is 1.21 bits per heavy atom. The number of nitrogens with zero attached hydrogens (tertiary/aromatic N) is 1. The minimum absolute atomic E-state index is 0.135. The van der Waals surface area contributed by atoms with Gasteiger partial charge in [-0.25, -0.2) is 0 Å². The number of rotatable bonds is 6. The molecule has 1 aromatic carbocycles. The zero-order valence-corrected chi connectivity index (χ0v) is 14.2. The van der Waals surface area contributed by atoms with Gasteiger partial charge in [0.15, 0.2) is 11.5 Å². The summed E-state index contributed by atoms with van der Waals surface area (Å²) in [6.45, 7) is 2.25. The summed E-state index contributed by atoms with van der Waals surface area (Å²) in [4.78, 5) is 4.41. The van der Waals surface area contributed by atoms with Gasteiger partial charge in [0, 0.05) is 48.5 Å². The molecule has 0 atom stereocenters. The lowest BCUT2D eigenvalue weighted by Gasteiger charge is -2.36. The SMILES string of the molecule is COc1cc2nccc(NCC3(CO)CCOCC3)c2cc1OC. The third-order valence-electron chi connectivity index (χ3n) is 4.79. The van der Waals surface area contributed by atoms with Crippen molar-refractivity contribution in [1.29, 1.82) is 0 Å². The summed E-state index contributed by atoms with van der Waals surface area (Å²) in [5.41, 5.74) is 1.67. The molecule has 2 heterocycles. The van der Waals surface area contributed by atoms with Gasteiger partial charge in [0.2, 0.25) is 0 Å². The quantitative estimate of drug-likeness (QED) is 0.846. The highest BCUT2D eigenvalue weighted by Crippen LogP contribution is 2.35. The van der Waals surface area contributed by atoms with Gasteiger partial charge in [-0.1, -0.05) is 0 Å². The molecule has 1 aromatic heterocycles. The van der Waals surface area contributed by atoms with Crippen molar-refractivity contribution in [3.05, 3.63) is 24.4 Å². The standard InChI is InChI=1S/C18H24N2O4/c1-22-16-9-13-14(3-6-19-15(13)10-17(16)23-2)20-11-18(12-21)4-7-24-8-5-18/h3,6,9-10,21H,4-5,7-8,11-12H2,1-2H3,(H,19,20). The lowest BCUT2D eigenvalue weighted by molar-refractivity contribution is -0.00856. The van der Waals surface area contributed by atoms with E-state index in [1.807, 2.05) is 18.2 Å². The Bertz CT molecular complexity index is 699. The van der Waals surface area contributed by atoms with Gasteiger partial charge in [0.1, 0.15) is 0 Å². The van der Waals surface area contributed by atoms with E-state index in [-0.39, 0.29) is 12.0 Å². The van der Waals surface area contributed by atoms with Gasteiger partial charge in [-0.3, -0.25) is 4.98 Å². The summed E-state index contributed by atoms with van der Waals surface area (Å²) in [6, 6.07) is 5.74. The highest BCUT2D eigenvalue weighted by molar-refractivity contribution is 5.93. The normalized spacial score (nSPS) is 16.8. The fourth-order valence-corrected chi connectivity index (χ4v) is 3.10. The number of hydrogen-bond donors (Lipinski definition) is 2. The molecule has 130 valence electrons. The van der Waals surface area contributed by atoms with Crippen molar-refractivity contribution in [2.24, 2.45) is 5.41 Å². The summed E-state index contributed by atoms with van der Waals surface area (Å²) >= 11 is 0. The molecule has 0 aliphatic carbocycles. The maximum absolute atomic E-state index is 9.84. The molecule has 1 saturated heterocycles. The van der Waals surface area contributed by atoms with E-state index in [4.69, 9.17) is 14.2 Å². The van der Waals surface area contributed by atoms with Crippen LogP contribution in [0, 0.1) is 5.41 Å². The summed E-state index contributed by atoms with van der Waals surface area (Å²) in [5, 5.41) is 14.3. The first-order valence-corrected chi connectivity index (χ1v) is 8.14. The maximum Gasteiger partial charge on any atom is 0.162 e. The van der Waals surface area contributed by atoms with Crippen molar-refractivity contribution in [2.45, 2.75) is 12.8 Å². The zero-order chi connectivity index (χ0) is 17.0. The highest BCUT2D eigenvalue weighted by atomic mass is 16.5. The van der Waals surface area contributed by atoms with Crippen molar-refractivity contribution >= 4 is 16.6 Å². The van der Waals surface area contributed by atoms with E-state index in [1.165, 1.54) is 0 Å². The van der Waals surface area contributed by atoms with Gasteiger partial charge in [0.05, 0.1) is 26.3 Å². The van der Waals surface area contributed by atoms with E-state index in [1.54, 1.807) is 20.4 Å². The number of aliphatic hydroxyl groups excluding tert-OH is 1. The van der Waals surface area contributed by atoms with Crippen LogP contribution in [0.25, 0.3) is 10.9 Å². The minimum atomic E-state index is -0.135. The average molecular weight is 332 g/mol. The van der Waals surface area contributed by atoms with Gasteiger partial charge >= 0.3 is 0 Å². The molecule has 6 nitrogen and oxygen atoms in total. The molecule has 0 unspecified atom stereocenters. The number of benzene rings is 1. The largest absolute Gasteiger partial charge is 0.493 e. The van der Waals surface area contributed by atoms with Crippen molar-refractivity contribution < 1.29 is 19.3 Å². The van der Waals surface area contributed by atoms with Crippen molar-refractivity contribution in [2.75, 3.05) is 45.9 Å². The molecule has 2 aromatic rings. The number of fused-ring (bicyclic) bond motifs is 1. The van der Waals surface area contributed by atoms with E-state index in [0.717, 1.165) is 29.4 Å². The van der Waals surface area contributed by atoms with Crippen LogP contribution in [-0.4, -0.2) is 50.7 Å². The van der Waals surface area contributed by atoms with Gasteiger partial charge in [-0.15, -0.1) is 0 Å². The second-order valence-electron chi connectivity index (χ2n) is 6.21. The summed E-state index contributed by atoms with van der Waals surface area (Å²) in [7, 11) is 3.23. The Labute approximate surface area is 141 Å². The fourth-order valence-electron chi connectivity index (χ4n) is 3.10. The number of anilines is 1. The summed E-state index contributed by atoms with van der Waals surface area (Å²) in [5.74, 6) is 1.33. The lowest BCUT2D eigenvalue weighted by Crippen LogP contribution is -2.39. The summed E-state index contributed by atoms with van der Waals surface area (Å²) in [6.07, 6.45) is 3.49. The minimum Gasteiger partial charge on any atom is -0.493 e. The average Bonchev–Trinajstić information content (AvgIpc) is 2.65. The molecule has 0 radical (unpaired) electrons. The van der Waals surface area contributed by atoms with Crippen molar-refractivity contribution in [1.82, 2.24) is 4.98 Å². The molecule has 1 aliphatic heterocycles. The molecule has 24 heavy (non-hydrogen) atoms. The Morgan fingerprint density at radius 2 is 1.92 bits per heavy atom. The molecule has 0 bridgehead atoms. The molecule has 2 N–H and O–H groups in total. The fraction of sp³-hybridized carbons (Fsp3) is 0.500. The van der Waals surface area contributed by atoms with Gasteiger partial charge in [0.25, 0.3) is 0 Å².